The molecule has 2 rings (SSSR count). The van der Waals surface area contributed by atoms with Crippen molar-refractivity contribution in [2.24, 2.45) is 5.73 Å². The van der Waals surface area contributed by atoms with Gasteiger partial charge in [0.1, 0.15) is 11.5 Å². The number of ether oxygens (including phenoxy) is 1. The van der Waals surface area contributed by atoms with Crippen LogP contribution in [0.5, 0.6) is 0 Å². The monoisotopic (exact) mass is 256 g/mol. The van der Waals surface area contributed by atoms with Crippen LogP contribution in [0.4, 0.5) is 0 Å². The molecule has 0 spiro atoms. The fourth-order valence-electron chi connectivity index (χ4n) is 1.62. The summed E-state index contributed by atoms with van der Waals surface area (Å²) in [5, 5.41) is 7.32. The summed E-state index contributed by atoms with van der Waals surface area (Å²) in [4.78, 5) is 8.23. The molecule has 98 valence electrons. The number of nitrogens with two attached hydrogens (primary N) is 1. The third-order valence-corrected chi connectivity index (χ3v) is 2.60. The molecule has 0 fully saturated rings. The summed E-state index contributed by atoms with van der Waals surface area (Å²) in [6.07, 6.45) is 4.19. The molecule has 0 aromatic carbocycles. The van der Waals surface area contributed by atoms with E-state index in [2.05, 4.69) is 9.97 Å². The van der Waals surface area contributed by atoms with Crippen LogP contribution in [0.2, 0.25) is 0 Å². The Morgan fingerprint density at radius 1 is 1.21 bits per heavy atom. The van der Waals surface area contributed by atoms with E-state index in [0.717, 1.165) is 17.7 Å². The zero-order valence-electron chi connectivity index (χ0n) is 10.5. The van der Waals surface area contributed by atoms with E-state index in [9.17, 15) is 0 Å². The molecule has 2 aromatic rings. The third kappa shape index (κ3) is 4.15. The SMILES string of the molecule is N=C(N)c1cc(COCCc2ccccn2)ccn1. The molecule has 2 aromatic heterocycles. The van der Waals surface area contributed by atoms with Crippen molar-refractivity contribution in [2.75, 3.05) is 6.61 Å². The van der Waals surface area contributed by atoms with Gasteiger partial charge in [0.2, 0.25) is 0 Å². The number of rotatable bonds is 6. The standard InChI is InChI=1S/C14H16N4O/c15-14(16)13-9-11(4-7-18-13)10-19-8-5-12-3-1-2-6-17-12/h1-4,6-7,9H,5,8,10H2,(H3,15,16). The summed E-state index contributed by atoms with van der Waals surface area (Å²) in [5.41, 5.74) is 7.84. The van der Waals surface area contributed by atoms with Crippen molar-refractivity contribution in [3.05, 3.63) is 59.7 Å². The Hall–Kier alpha value is -2.27. The Morgan fingerprint density at radius 2 is 2.11 bits per heavy atom. The zero-order chi connectivity index (χ0) is 13.5. The number of hydrogen-bond donors (Lipinski definition) is 2. The Labute approximate surface area is 112 Å². The van der Waals surface area contributed by atoms with Crippen molar-refractivity contribution in [3.63, 3.8) is 0 Å². The van der Waals surface area contributed by atoms with Crippen molar-refractivity contribution in [1.82, 2.24) is 9.97 Å². The van der Waals surface area contributed by atoms with Gasteiger partial charge in [-0.1, -0.05) is 6.07 Å². The maximum absolute atomic E-state index is 7.32. The highest BCUT2D eigenvalue weighted by Crippen LogP contribution is 2.04. The maximum Gasteiger partial charge on any atom is 0.141 e. The first-order chi connectivity index (χ1) is 9.25. The first-order valence-electron chi connectivity index (χ1n) is 6.02. The summed E-state index contributed by atoms with van der Waals surface area (Å²) in [7, 11) is 0. The molecule has 2 heterocycles. The molecule has 0 amide bonds. The first-order valence-corrected chi connectivity index (χ1v) is 6.02. The van der Waals surface area contributed by atoms with Crippen molar-refractivity contribution in [1.29, 1.82) is 5.41 Å². The van der Waals surface area contributed by atoms with Crippen LogP contribution in [0.15, 0.2) is 42.7 Å². The number of aromatic nitrogens is 2. The fraction of sp³-hybridized carbons (Fsp3) is 0.214. The molecule has 5 heteroatoms. The van der Waals surface area contributed by atoms with Gasteiger partial charge in [-0.3, -0.25) is 15.4 Å². The van der Waals surface area contributed by atoms with Crippen LogP contribution in [-0.2, 0) is 17.8 Å². The Kier molecular flexibility index (Phi) is 4.58. The Balaban J connectivity index is 1.80. The molecule has 0 radical (unpaired) electrons. The number of nitrogen functional groups attached to an aromatic ring is 1. The second kappa shape index (κ2) is 6.61. The lowest BCUT2D eigenvalue weighted by atomic mass is 10.2. The minimum absolute atomic E-state index is 0.0321. The minimum Gasteiger partial charge on any atom is -0.382 e. The quantitative estimate of drug-likeness (QED) is 0.466. The van der Waals surface area contributed by atoms with Crippen LogP contribution < -0.4 is 5.73 Å². The van der Waals surface area contributed by atoms with E-state index in [4.69, 9.17) is 15.9 Å². The molecule has 0 atom stereocenters. The van der Waals surface area contributed by atoms with Crippen molar-refractivity contribution in [2.45, 2.75) is 13.0 Å². The van der Waals surface area contributed by atoms with Gasteiger partial charge in [0.15, 0.2) is 0 Å². The predicted molar refractivity (Wildman–Crippen MR) is 72.9 cm³/mol. The number of amidine groups is 1. The average Bonchev–Trinajstić information content (AvgIpc) is 2.45. The Morgan fingerprint density at radius 3 is 2.84 bits per heavy atom. The molecule has 0 aliphatic carbocycles. The molecule has 0 aliphatic heterocycles. The van der Waals surface area contributed by atoms with Crippen molar-refractivity contribution in [3.8, 4) is 0 Å². The van der Waals surface area contributed by atoms with E-state index in [0.29, 0.717) is 18.9 Å². The van der Waals surface area contributed by atoms with Crippen molar-refractivity contribution < 1.29 is 4.74 Å². The van der Waals surface area contributed by atoms with Gasteiger partial charge in [-0.25, -0.2) is 0 Å². The largest absolute Gasteiger partial charge is 0.382 e. The molecule has 0 bridgehead atoms. The number of pyridine rings is 2. The highest BCUT2D eigenvalue weighted by molar-refractivity contribution is 5.93. The summed E-state index contributed by atoms with van der Waals surface area (Å²) in [5.74, 6) is -0.0321. The first kappa shape index (κ1) is 13.2. The van der Waals surface area contributed by atoms with Gasteiger partial charge in [0.25, 0.3) is 0 Å². The number of hydrogen-bond acceptors (Lipinski definition) is 4. The molecule has 0 unspecified atom stereocenters. The summed E-state index contributed by atoms with van der Waals surface area (Å²) in [6, 6.07) is 9.45. The second-order valence-electron chi connectivity index (χ2n) is 4.09. The molecule has 0 saturated carbocycles. The van der Waals surface area contributed by atoms with Gasteiger partial charge in [0, 0.05) is 24.5 Å². The summed E-state index contributed by atoms with van der Waals surface area (Å²) in [6.45, 7) is 1.09. The van der Waals surface area contributed by atoms with Crippen LogP contribution in [0.25, 0.3) is 0 Å². The van der Waals surface area contributed by atoms with Crippen LogP contribution in [-0.4, -0.2) is 22.4 Å². The van der Waals surface area contributed by atoms with Gasteiger partial charge in [-0.15, -0.1) is 0 Å². The second-order valence-corrected chi connectivity index (χ2v) is 4.09. The van der Waals surface area contributed by atoms with Crippen LogP contribution in [0, 0.1) is 5.41 Å². The normalized spacial score (nSPS) is 10.3. The topological polar surface area (TPSA) is 84.9 Å². The van der Waals surface area contributed by atoms with E-state index in [1.807, 2.05) is 24.3 Å². The lowest BCUT2D eigenvalue weighted by Crippen LogP contribution is -2.13. The zero-order valence-corrected chi connectivity index (χ0v) is 10.5. The molecular formula is C14H16N4O. The predicted octanol–water partition coefficient (Wildman–Crippen LogP) is 1.52. The lowest BCUT2D eigenvalue weighted by molar-refractivity contribution is 0.123. The van der Waals surface area contributed by atoms with Crippen LogP contribution in [0.3, 0.4) is 0 Å². The Bertz CT molecular complexity index is 542. The molecule has 0 saturated heterocycles. The van der Waals surface area contributed by atoms with Crippen LogP contribution >= 0.6 is 0 Å². The summed E-state index contributed by atoms with van der Waals surface area (Å²) < 4.78 is 5.58. The highest BCUT2D eigenvalue weighted by Gasteiger charge is 2.00. The third-order valence-electron chi connectivity index (χ3n) is 2.60. The van der Waals surface area contributed by atoms with Gasteiger partial charge in [0.05, 0.1) is 13.2 Å². The van der Waals surface area contributed by atoms with Gasteiger partial charge < -0.3 is 10.5 Å². The van der Waals surface area contributed by atoms with Gasteiger partial charge >= 0.3 is 0 Å². The van der Waals surface area contributed by atoms with E-state index >= 15 is 0 Å². The molecule has 5 nitrogen and oxygen atoms in total. The average molecular weight is 256 g/mol. The number of nitrogens with one attached hydrogen (secondary N) is 1. The van der Waals surface area contributed by atoms with Gasteiger partial charge in [-0.2, -0.15) is 0 Å². The molecular weight excluding hydrogens is 240 g/mol. The van der Waals surface area contributed by atoms with Crippen LogP contribution in [0.1, 0.15) is 17.0 Å². The molecule has 0 aliphatic rings. The van der Waals surface area contributed by atoms with E-state index in [-0.39, 0.29) is 5.84 Å². The maximum atomic E-state index is 7.32. The minimum atomic E-state index is -0.0321. The highest BCUT2D eigenvalue weighted by atomic mass is 16.5. The smallest absolute Gasteiger partial charge is 0.141 e. The van der Waals surface area contributed by atoms with E-state index in [1.54, 1.807) is 18.5 Å². The molecule has 3 N–H and O–H groups in total. The van der Waals surface area contributed by atoms with Gasteiger partial charge in [-0.05, 0) is 29.8 Å². The fourth-order valence-corrected chi connectivity index (χ4v) is 1.62. The summed E-state index contributed by atoms with van der Waals surface area (Å²) >= 11 is 0. The van der Waals surface area contributed by atoms with E-state index in [1.165, 1.54) is 0 Å². The molecule has 19 heavy (non-hydrogen) atoms. The van der Waals surface area contributed by atoms with E-state index < -0.39 is 0 Å². The number of nitrogens with zero attached hydrogens (tertiary/aromatic N) is 2. The van der Waals surface area contributed by atoms with Crippen molar-refractivity contribution >= 4 is 5.84 Å². The lowest BCUT2D eigenvalue weighted by Gasteiger charge is -2.05.